The van der Waals surface area contributed by atoms with Crippen LogP contribution in [-0.2, 0) is 29.0 Å². The van der Waals surface area contributed by atoms with Crippen molar-refractivity contribution in [2.45, 2.75) is 64.1 Å². The van der Waals surface area contributed by atoms with Crippen LogP contribution in [0.1, 0.15) is 60.3 Å². The smallest absolute Gasteiger partial charge is 0.423 e. The van der Waals surface area contributed by atoms with Crippen molar-refractivity contribution >= 4 is 40.1 Å². The number of pyridine rings is 2. The summed E-state index contributed by atoms with van der Waals surface area (Å²) in [7, 11) is 1.70. The Hall–Kier alpha value is -4.16. The van der Waals surface area contributed by atoms with Gasteiger partial charge in [0.25, 0.3) is 5.91 Å². The normalized spacial score (nSPS) is 18.5. The molecule has 0 spiro atoms. The number of ether oxygens (including phenoxy) is 2. The van der Waals surface area contributed by atoms with E-state index in [4.69, 9.17) is 36.9 Å². The van der Waals surface area contributed by atoms with Crippen LogP contribution >= 0.6 is 11.6 Å². The van der Waals surface area contributed by atoms with Crippen LogP contribution in [0, 0.1) is 11.3 Å². The van der Waals surface area contributed by atoms with Gasteiger partial charge in [-0.05, 0) is 67.9 Å². The number of fused-ring (bicyclic) bond motifs is 2. The molecule has 1 aliphatic heterocycles. The Morgan fingerprint density at radius 3 is 2.63 bits per heavy atom. The first kappa shape index (κ1) is 30.5. The van der Waals surface area contributed by atoms with Gasteiger partial charge in [-0.25, -0.2) is 9.67 Å². The molecule has 0 radical (unpaired) electrons. The molecule has 1 aromatic carbocycles. The molecule has 3 aromatic heterocycles. The average molecular weight is 651 g/mol. The Morgan fingerprint density at radius 2 is 1.96 bits per heavy atom. The second-order valence-electron chi connectivity index (χ2n) is 12.7. The van der Waals surface area contributed by atoms with Crippen molar-refractivity contribution in [2.24, 2.45) is 17.1 Å². The number of hydrogen-bond acceptors (Lipinski definition) is 7. The van der Waals surface area contributed by atoms with E-state index in [-0.39, 0.29) is 29.0 Å². The molecule has 10 nitrogen and oxygen atoms in total. The molecule has 46 heavy (non-hydrogen) atoms. The highest BCUT2D eigenvalue weighted by molar-refractivity contribution is 6.30. The Labute approximate surface area is 268 Å². The van der Waals surface area contributed by atoms with Gasteiger partial charge in [0.2, 0.25) is 0 Å². The number of nitrogens with two attached hydrogens (primary N) is 1. The molecule has 13 heteroatoms. The van der Waals surface area contributed by atoms with Gasteiger partial charge in [0, 0.05) is 29.7 Å². The number of carbonyl (C=O) groups excluding carboxylic acids is 2. The van der Waals surface area contributed by atoms with E-state index in [1.165, 1.54) is 18.3 Å². The molecule has 2 fully saturated rings. The second kappa shape index (κ2) is 11.6. The number of rotatable bonds is 10. The average Bonchev–Trinajstić information content (AvgIpc) is 3.58. The van der Waals surface area contributed by atoms with Crippen LogP contribution in [0.5, 0.6) is 5.75 Å². The first-order valence-electron chi connectivity index (χ1n) is 15.4. The number of alkyl halides is 2. The zero-order chi connectivity index (χ0) is 32.2. The third-order valence-electron chi connectivity index (χ3n) is 9.27. The van der Waals surface area contributed by atoms with E-state index in [1.54, 1.807) is 31.5 Å². The van der Waals surface area contributed by atoms with Gasteiger partial charge < -0.3 is 15.2 Å². The highest BCUT2D eigenvalue weighted by Crippen LogP contribution is 2.46. The molecule has 0 atom stereocenters. The molecule has 2 saturated carbocycles. The maximum absolute atomic E-state index is 15.0. The zero-order valence-electron chi connectivity index (χ0n) is 25.3. The standard InChI is InChI=1S/C33H33ClF2N6O4/c1-45-18-32(10-2-3-11-32)17-42-30-23(15-39-42)27(28(29(37)43)24(40-30)12-19-4-5-19)20-6-9-25-26(13-20)46-33(35,36)31(44)41(25)16-22-8-7-21(34)14-38-22/h6-9,13-15,19H,2-5,10-12,16-18H2,1H3,(H2,37,43). The predicted molar refractivity (Wildman–Crippen MR) is 167 cm³/mol. The van der Waals surface area contributed by atoms with Crippen molar-refractivity contribution in [1.82, 2.24) is 19.7 Å². The van der Waals surface area contributed by atoms with Gasteiger partial charge >= 0.3 is 12.0 Å². The van der Waals surface area contributed by atoms with E-state index in [0.717, 1.165) is 43.4 Å². The summed E-state index contributed by atoms with van der Waals surface area (Å²) in [5, 5.41) is 5.67. The number of nitrogens with zero attached hydrogens (tertiary/aromatic N) is 5. The van der Waals surface area contributed by atoms with Crippen LogP contribution in [0.2, 0.25) is 5.02 Å². The van der Waals surface area contributed by atoms with E-state index < -0.39 is 17.9 Å². The number of primary amides is 1. The number of halogens is 3. The van der Waals surface area contributed by atoms with Crippen molar-refractivity contribution < 1.29 is 27.8 Å². The van der Waals surface area contributed by atoms with Crippen molar-refractivity contribution in [2.75, 3.05) is 18.6 Å². The van der Waals surface area contributed by atoms with Crippen molar-refractivity contribution in [3.05, 3.63) is 64.7 Å². The molecule has 2 N–H and O–H groups in total. The summed E-state index contributed by atoms with van der Waals surface area (Å²) in [5.41, 5.74) is 8.67. The van der Waals surface area contributed by atoms with E-state index in [9.17, 15) is 9.59 Å². The largest absolute Gasteiger partial charge is 0.482 e. The van der Waals surface area contributed by atoms with E-state index in [1.807, 2.05) is 4.68 Å². The van der Waals surface area contributed by atoms with E-state index >= 15 is 8.78 Å². The fourth-order valence-corrected chi connectivity index (χ4v) is 7.01. The molecule has 7 rings (SSSR count). The molecule has 240 valence electrons. The van der Waals surface area contributed by atoms with Gasteiger partial charge in [-0.3, -0.25) is 19.5 Å². The fraction of sp³-hybridized carbons (Fsp3) is 0.424. The molecule has 0 saturated heterocycles. The third-order valence-corrected chi connectivity index (χ3v) is 9.49. The lowest BCUT2D eigenvalue weighted by molar-refractivity contribution is -0.193. The number of methoxy groups -OCH3 is 1. The lowest BCUT2D eigenvalue weighted by Gasteiger charge is -2.33. The van der Waals surface area contributed by atoms with Crippen LogP contribution in [0.15, 0.2) is 42.7 Å². The van der Waals surface area contributed by atoms with Gasteiger partial charge in [0.1, 0.15) is 0 Å². The van der Waals surface area contributed by atoms with Crippen molar-refractivity contribution in [3.8, 4) is 16.9 Å². The number of benzene rings is 1. The summed E-state index contributed by atoms with van der Waals surface area (Å²) >= 11 is 5.94. The summed E-state index contributed by atoms with van der Waals surface area (Å²) in [4.78, 5) is 36.0. The van der Waals surface area contributed by atoms with Crippen LogP contribution in [0.4, 0.5) is 14.5 Å². The van der Waals surface area contributed by atoms with Gasteiger partial charge in [-0.1, -0.05) is 30.5 Å². The monoisotopic (exact) mass is 650 g/mol. The Kier molecular flexibility index (Phi) is 7.67. The summed E-state index contributed by atoms with van der Waals surface area (Å²) in [6.45, 7) is 0.951. The summed E-state index contributed by atoms with van der Waals surface area (Å²) in [6.07, 6.45) is 5.73. The molecule has 2 aliphatic carbocycles. The quantitative estimate of drug-likeness (QED) is 0.226. The Morgan fingerprint density at radius 1 is 1.17 bits per heavy atom. The SMILES string of the molecule is COCC1(Cn2ncc3c(-c4ccc5c(c4)OC(F)(F)C(=O)N5Cc4ccc(Cl)cn4)c(C(N)=O)c(CC4CC4)nc32)CCCC1. The van der Waals surface area contributed by atoms with Crippen molar-refractivity contribution in [1.29, 1.82) is 0 Å². The molecule has 3 aliphatic rings. The minimum atomic E-state index is -4.13. The maximum atomic E-state index is 15.0. The third kappa shape index (κ3) is 5.57. The minimum absolute atomic E-state index is 0.0886. The zero-order valence-corrected chi connectivity index (χ0v) is 26.0. The molecule has 0 unspecified atom stereocenters. The number of amides is 2. The molecule has 2 amide bonds. The molecule has 4 heterocycles. The highest BCUT2D eigenvalue weighted by atomic mass is 35.5. The molecular formula is C33H33ClF2N6O4. The Balaban J connectivity index is 1.37. The number of hydrogen-bond donors (Lipinski definition) is 1. The van der Waals surface area contributed by atoms with Crippen molar-refractivity contribution in [3.63, 3.8) is 0 Å². The fourth-order valence-electron chi connectivity index (χ4n) is 6.90. The maximum Gasteiger partial charge on any atom is 0.482 e. The summed E-state index contributed by atoms with van der Waals surface area (Å²) in [5.74, 6) is -2.03. The van der Waals surface area contributed by atoms with Crippen LogP contribution in [-0.4, -0.2) is 51.4 Å². The summed E-state index contributed by atoms with van der Waals surface area (Å²) in [6, 6.07) is 7.75. The lowest BCUT2D eigenvalue weighted by atomic mass is 9.87. The van der Waals surface area contributed by atoms with E-state index in [0.29, 0.717) is 64.1 Å². The van der Waals surface area contributed by atoms with Crippen LogP contribution in [0.25, 0.3) is 22.2 Å². The predicted octanol–water partition coefficient (Wildman–Crippen LogP) is 5.92. The van der Waals surface area contributed by atoms with Gasteiger partial charge in [-0.15, -0.1) is 0 Å². The molecule has 4 aromatic rings. The molecule has 0 bridgehead atoms. The van der Waals surface area contributed by atoms with Crippen LogP contribution in [0.3, 0.4) is 0 Å². The number of anilines is 1. The first-order valence-corrected chi connectivity index (χ1v) is 15.8. The number of carbonyl (C=O) groups is 2. The van der Waals surface area contributed by atoms with E-state index in [2.05, 4.69) is 4.98 Å². The second-order valence-corrected chi connectivity index (χ2v) is 13.1. The van der Waals surface area contributed by atoms with Gasteiger partial charge in [-0.2, -0.15) is 13.9 Å². The number of aromatic nitrogens is 4. The summed E-state index contributed by atoms with van der Waals surface area (Å²) < 4.78 is 42.6. The Bertz CT molecular complexity index is 1840. The lowest BCUT2D eigenvalue weighted by Crippen LogP contribution is -2.50. The van der Waals surface area contributed by atoms with Crippen LogP contribution < -0.4 is 15.4 Å². The topological polar surface area (TPSA) is 125 Å². The van der Waals surface area contributed by atoms with Gasteiger partial charge in [0.05, 0.1) is 53.6 Å². The first-order chi connectivity index (χ1) is 22.1. The highest BCUT2D eigenvalue weighted by Gasteiger charge is 2.50. The molecular weight excluding hydrogens is 618 g/mol. The van der Waals surface area contributed by atoms with Gasteiger partial charge in [0.15, 0.2) is 11.4 Å². The minimum Gasteiger partial charge on any atom is -0.423 e.